The third-order valence-corrected chi connectivity index (χ3v) is 4.13. The number of nitrogens with zero attached hydrogens (tertiary/aromatic N) is 1. The van der Waals surface area contributed by atoms with E-state index in [1.54, 1.807) is 37.3 Å². The van der Waals surface area contributed by atoms with Gasteiger partial charge >= 0.3 is 5.97 Å². The SMILES string of the molecule is CCn1c(C)cc(C(=O)O[C@H](C)C(=O)Nc2ccc(Cl)cc2)c1C. The van der Waals surface area contributed by atoms with Crippen LogP contribution in [-0.2, 0) is 16.1 Å². The molecule has 2 rings (SSSR count). The highest BCUT2D eigenvalue weighted by Gasteiger charge is 2.22. The summed E-state index contributed by atoms with van der Waals surface area (Å²) in [5, 5.41) is 3.27. The predicted octanol–water partition coefficient (Wildman–Crippen LogP) is 3.96. The second-order valence-electron chi connectivity index (χ2n) is 5.57. The van der Waals surface area contributed by atoms with Gasteiger partial charge in [-0.05, 0) is 58.0 Å². The Balaban J connectivity index is 2.03. The number of nitrogens with one attached hydrogen (secondary N) is 1. The molecule has 2 aromatic rings. The van der Waals surface area contributed by atoms with Gasteiger partial charge < -0.3 is 14.6 Å². The van der Waals surface area contributed by atoms with E-state index in [-0.39, 0.29) is 0 Å². The van der Waals surface area contributed by atoms with E-state index < -0.39 is 18.0 Å². The summed E-state index contributed by atoms with van der Waals surface area (Å²) in [5.74, 6) is -0.892. The summed E-state index contributed by atoms with van der Waals surface area (Å²) in [5.41, 5.74) is 2.91. The first-order valence-corrected chi connectivity index (χ1v) is 8.15. The standard InChI is InChI=1S/C18H21ClN2O3/c1-5-21-11(2)10-16(12(21)3)18(23)24-13(4)17(22)20-15-8-6-14(19)7-9-15/h6-10,13H,5H2,1-4H3,(H,20,22)/t13-/m1/s1. The Morgan fingerprint density at radius 3 is 2.42 bits per heavy atom. The highest BCUT2D eigenvalue weighted by atomic mass is 35.5. The maximum atomic E-state index is 12.3. The lowest BCUT2D eigenvalue weighted by atomic mass is 10.2. The van der Waals surface area contributed by atoms with E-state index in [1.165, 1.54) is 0 Å². The monoisotopic (exact) mass is 348 g/mol. The number of aryl methyl sites for hydroxylation is 1. The van der Waals surface area contributed by atoms with Crippen LogP contribution in [0.5, 0.6) is 0 Å². The Morgan fingerprint density at radius 2 is 1.88 bits per heavy atom. The molecule has 1 atom stereocenters. The number of amides is 1. The molecule has 1 amide bonds. The highest BCUT2D eigenvalue weighted by Crippen LogP contribution is 2.17. The Kier molecular flexibility index (Phi) is 5.67. The summed E-state index contributed by atoms with van der Waals surface area (Å²) in [6.07, 6.45) is -0.905. The van der Waals surface area contributed by atoms with Gasteiger partial charge in [-0.25, -0.2) is 4.79 Å². The molecule has 128 valence electrons. The molecule has 5 nitrogen and oxygen atoms in total. The average molecular weight is 349 g/mol. The maximum Gasteiger partial charge on any atom is 0.340 e. The molecule has 0 aliphatic carbocycles. The molecule has 6 heteroatoms. The first kappa shape index (κ1) is 18.1. The highest BCUT2D eigenvalue weighted by molar-refractivity contribution is 6.30. The van der Waals surface area contributed by atoms with E-state index in [9.17, 15) is 9.59 Å². The second kappa shape index (κ2) is 7.53. The number of anilines is 1. The van der Waals surface area contributed by atoms with Crippen molar-refractivity contribution in [1.29, 1.82) is 0 Å². The zero-order valence-electron chi connectivity index (χ0n) is 14.2. The summed E-state index contributed by atoms with van der Waals surface area (Å²) in [6, 6.07) is 8.50. The molecule has 0 spiro atoms. The van der Waals surface area contributed by atoms with Gasteiger partial charge in [-0.15, -0.1) is 0 Å². The molecule has 1 heterocycles. The van der Waals surface area contributed by atoms with Crippen LogP contribution in [-0.4, -0.2) is 22.5 Å². The number of ether oxygens (including phenoxy) is 1. The van der Waals surface area contributed by atoms with Crippen LogP contribution < -0.4 is 5.32 Å². The molecule has 0 bridgehead atoms. The topological polar surface area (TPSA) is 60.3 Å². The molecule has 1 N–H and O–H groups in total. The van der Waals surface area contributed by atoms with Crippen LogP contribution in [0.3, 0.4) is 0 Å². The van der Waals surface area contributed by atoms with Gasteiger partial charge in [0.05, 0.1) is 5.56 Å². The summed E-state index contributed by atoms with van der Waals surface area (Å²) in [7, 11) is 0. The number of rotatable bonds is 5. The number of halogens is 1. The van der Waals surface area contributed by atoms with Crippen molar-refractivity contribution in [3.63, 3.8) is 0 Å². The molecule has 0 aliphatic rings. The molecule has 0 aliphatic heterocycles. The maximum absolute atomic E-state index is 12.3. The van der Waals surface area contributed by atoms with Crippen molar-refractivity contribution >= 4 is 29.2 Å². The smallest absolute Gasteiger partial charge is 0.340 e. The minimum atomic E-state index is -0.905. The van der Waals surface area contributed by atoms with Crippen LogP contribution in [0.1, 0.15) is 35.6 Å². The fourth-order valence-electron chi connectivity index (χ4n) is 2.55. The first-order valence-electron chi connectivity index (χ1n) is 7.77. The third kappa shape index (κ3) is 3.97. The Labute approximate surface area is 146 Å². The minimum Gasteiger partial charge on any atom is -0.449 e. The summed E-state index contributed by atoms with van der Waals surface area (Å²) < 4.78 is 7.32. The van der Waals surface area contributed by atoms with Crippen molar-refractivity contribution in [2.24, 2.45) is 0 Å². The van der Waals surface area contributed by atoms with Gasteiger partial charge in [0, 0.05) is 28.6 Å². The normalized spacial score (nSPS) is 11.9. The summed E-state index contributed by atoms with van der Waals surface area (Å²) in [4.78, 5) is 24.5. The number of benzene rings is 1. The molecule has 0 unspecified atom stereocenters. The number of esters is 1. The Hall–Kier alpha value is -2.27. The summed E-state index contributed by atoms with van der Waals surface area (Å²) >= 11 is 5.80. The van der Waals surface area contributed by atoms with E-state index in [2.05, 4.69) is 5.32 Å². The van der Waals surface area contributed by atoms with Crippen LogP contribution in [0.15, 0.2) is 30.3 Å². The fraction of sp³-hybridized carbons (Fsp3) is 0.333. The van der Waals surface area contributed by atoms with Crippen molar-refractivity contribution < 1.29 is 14.3 Å². The van der Waals surface area contributed by atoms with Crippen molar-refractivity contribution in [2.45, 2.75) is 40.3 Å². The largest absolute Gasteiger partial charge is 0.449 e. The van der Waals surface area contributed by atoms with Crippen LogP contribution in [0.4, 0.5) is 5.69 Å². The molecule has 24 heavy (non-hydrogen) atoms. The lowest BCUT2D eigenvalue weighted by Crippen LogP contribution is -2.30. The van der Waals surface area contributed by atoms with Crippen molar-refractivity contribution in [3.8, 4) is 0 Å². The lowest BCUT2D eigenvalue weighted by molar-refractivity contribution is -0.123. The van der Waals surface area contributed by atoms with Gasteiger partial charge in [-0.3, -0.25) is 4.79 Å². The minimum absolute atomic E-state index is 0.394. The Bertz CT molecular complexity index is 750. The van der Waals surface area contributed by atoms with Crippen molar-refractivity contribution in [2.75, 3.05) is 5.32 Å². The van der Waals surface area contributed by atoms with Crippen LogP contribution in [0, 0.1) is 13.8 Å². The molecule has 0 saturated carbocycles. The molecule has 0 radical (unpaired) electrons. The second-order valence-corrected chi connectivity index (χ2v) is 6.01. The van der Waals surface area contributed by atoms with Gasteiger partial charge in [0.2, 0.25) is 0 Å². The van der Waals surface area contributed by atoms with Crippen LogP contribution in [0.25, 0.3) is 0 Å². The van der Waals surface area contributed by atoms with Crippen LogP contribution >= 0.6 is 11.6 Å². The lowest BCUT2D eigenvalue weighted by Gasteiger charge is -2.14. The van der Waals surface area contributed by atoms with Crippen molar-refractivity contribution in [1.82, 2.24) is 4.57 Å². The van der Waals surface area contributed by atoms with E-state index >= 15 is 0 Å². The molecule has 0 saturated heterocycles. The van der Waals surface area contributed by atoms with Gasteiger partial charge in [-0.2, -0.15) is 0 Å². The molecular formula is C18H21ClN2O3. The van der Waals surface area contributed by atoms with E-state index in [0.29, 0.717) is 16.3 Å². The van der Waals surface area contributed by atoms with Gasteiger partial charge in [0.1, 0.15) is 0 Å². The van der Waals surface area contributed by atoms with Gasteiger partial charge in [0.25, 0.3) is 5.91 Å². The number of aromatic nitrogens is 1. The Morgan fingerprint density at radius 1 is 1.25 bits per heavy atom. The van der Waals surface area contributed by atoms with Crippen molar-refractivity contribution in [3.05, 3.63) is 52.3 Å². The molecule has 1 aromatic heterocycles. The molecule has 0 fully saturated rings. The van der Waals surface area contributed by atoms with E-state index in [4.69, 9.17) is 16.3 Å². The third-order valence-electron chi connectivity index (χ3n) is 3.87. The fourth-order valence-corrected chi connectivity index (χ4v) is 2.68. The average Bonchev–Trinajstić information content (AvgIpc) is 2.83. The van der Waals surface area contributed by atoms with Gasteiger partial charge in [-0.1, -0.05) is 11.6 Å². The first-order chi connectivity index (χ1) is 11.3. The molecule has 1 aromatic carbocycles. The van der Waals surface area contributed by atoms with E-state index in [0.717, 1.165) is 17.9 Å². The summed E-state index contributed by atoms with van der Waals surface area (Å²) in [6.45, 7) is 8.13. The zero-order valence-corrected chi connectivity index (χ0v) is 15.0. The van der Waals surface area contributed by atoms with Gasteiger partial charge in [0.15, 0.2) is 6.10 Å². The number of carbonyl (C=O) groups excluding carboxylic acids is 2. The quantitative estimate of drug-likeness (QED) is 0.832. The number of hydrogen-bond acceptors (Lipinski definition) is 3. The number of hydrogen-bond donors (Lipinski definition) is 1. The predicted molar refractivity (Wildman–Crippen MR) is 94.5 cm³/mol. The zero-order chi connectivity index (χ0) is 17.9. The van der Waals surface area contributed by atoms with E-state index in [1.807, 2.05) is 25.3 Å². The number of carbonyl (C=O) groups is 2. The van der Waals surface area contributed by atoms with Crippen LogP contribution in [0.2, 0.25) is 5.02 Å². The molecular weight excluding hydrogens is 328 g/mol.